The van der Waals surface area contributed by atoms with Crippen LogP contribution in [0.1, 0.15) is 19.8 Å². The predicted molar refractivity (Wildman–Crippen MR) is 55.7 cm³/mol. The van der Waals surface area contributed by atoms with E-state index >= 15 is 0 Å². The Labute approximate surface area is 89.1 Å². The molecule has 2 rings (SSSR count). The molecule has 4 heteroatoms. The van der Waals surface area contributed by atoms with Gasteiger partial charge in [-0.15, -0.1) is 0 Å². The summed E-state index contributed by atoms with van der Waals surface area (Å²) >= 11 is 0. The number of hydrogen-bond donors (Lipinski definition) is 1. The van der Waals surface area contributed by atoms with Gasteiger partial charge in [0.05, 0.1) is 11.8 Å². The lowest BCUT2D eigenvalue weighted by molar-refractivity contribution is -0.142. The molecule has 82 valence electrons. The van der Waals surface area contributed by atoms with Gasteiger partial charge in [-0.2, -0.15) is 0 Å². The van der Waals surface area contributed by atoms with Gasteiger partial charge in [0.2, 0.25) is 11.8 Å². The molecule has 3 atom stereocenters. The normalized spacial score (nSPS) is 32.0. The second-order valence-electron chi connectivity index (χ2n) is 4.29. The van der Waals surface area contributed by atoms with Crippen molar-refractivity contribution in [2.75, 3.05) is 6.54 Å². The topological polar surface area (TPSA) is 63.4 Å². The Bertz CT molecular complexity index is 299. The van der Waals surface area contributed by atoms with E-state index < -0.39 is 0 Å². The summed E-state index contributed by atoms with van der Waals surface area (Å²) < 4.78 is 0. The van der Waals surface area contributed by atoms with E-state index in [1.165, 1.54) is 4.90 Å². The first kappa shape index (κ1) is 10.4. The number of carbonyl (C=O) groups excluding carboxylic acids is 2. The second kappa shape index (κ2) is 3.77. The fraction of sp³-hybridized carbons (Fsp3) is 0.636. The van der Waals surface area contributed by atoms with Gasteiger partial charge in [-0.25, -0.2) is 0 Å². The quantitative estimate of drug-likeness (QED) is 0.524. The second-order valence-corrected chi connectivity index (χ2v) is 4.29. The summed E-state index contributed by atoms with van der Waals surface area (Å²) in [4.78, 5) is 25.3. The maximum atomic E-state index is 12.0. The van der Waals surface area contributed by atoms with E-state index in [9.17, 15) is 9.59 Å². The Morgan fingerprint density at radius 2 is 1.80 bits per heavy atom. The Balaban J connectivity index is 2.24. The van der Waals surface area contributed by atoms with Crippen LogP contribution in [-0.4, -0.2) is 29.3 Å². The monoisotopic (exact) mass is 208 g/mol. The number of rotatable bonds is 2. The molecule has 0 saturated carbocycles. The van der Waals surface area contributed by atoms with Gasteiger partial charge in [-0.1, -0.05) is 12.2 Å². The van der Waals surface area contributed by atoms with Gasteiger partial charge in [0.1, 0.15) is 0 Å². The number of fused-ring (bicyclic) bond motifs is 1. The van der Waals surface area contributed by atoms with E-state index in [-0.39, 0.29) is 29.7 Å². The van der Waals surface area contributed by atoms with Crippen LogP contribution in [0, 0.1) is 11.8 Å². The molecule has 2 N–H and O–H groups in total. The third-order valence-corrected chi connectivity index (χ3v) is 3.32. The highest BCUT2D eigenvalue weighted by Gasteiger charge is 2.48. The average Bonchev–Trinajstić information content (AvgIpc) is 2.52. The fourth-order valence-corrected chi connectivity index (χ4v) is 2.37. The summed E-state index contributed by atoms with van der Waals surface area (Å²) in [6, 6.07) is -0.171. The first-order valence-corrected chi connectivity index (χ1v) is 5.38. The number of imide groups is 1. The summed E-state index contributed by atoms with van der Waals surface area (Å²) in [7, 11) is 0. The summed E-state index contributed by atoms with van der Waals surface area (Å²) in [6.07, 6.45) is 5.37. The van der Waals surface area contributed by atoms with E-state index in [1.54, 1.807) is 0 Å². The van der Waals surface area contributed by atoms with Crippen LogP contribution in [0.2, 0.25) is 0 Å². The highest BCUT2D eigenvalue weighted by molar-refractivity contribution is 6.05. The number of amides is 2. The first-order chi connectivity index (χ1) is 7.16. The lowest BCUT2D eigenvalue weighted by Gasteiger charge is -2.21. The third-order valence-electron chi connectivity index (χ3n) is 3.32. The van der Waals surface area contributed by atoms with Crippen molar-refractivity contribution in [2.45, 2.75) is 25.8 Å². The van der Waals surface area contributed by atoms with Gasteiger partial charge in [0, 0.05) is 12.6 Å². The van der Waals surface area contributed by atoms with Crippen LogP contribution in [0.3, 0.4) is 0 Å². The molecule has 15 heavy (non-hydrogen) atoms. The molecule has 2 aliphatic rings. The lowest BCUT2D eigenvalue weighted by Crippen LogP contribution is -2.43. The molecular weight excluding hydrogens is 192 g/mol. The number of allylic oxidation sites excluding steroid dienone is 2. The Kier molecular flexibility index (Phi) is 2.61. The maximum absolute atomic E-state index is 12.0. The Morgan fingerprint density at radius 1 is 1.33 bits per heavy atom. The molecule has 1 saturated heterocycles. The van der Waals surface area contributed by atoms with E-state index in [0.29, 0.717) is 19.4 Å². The van der Waals surface area contributed by atoms with Crippen molar-refractivity contribution in [1.82, 2.24) is 4.90 Å². The van der Waals surface area contributed by atoms with Gasteiger partial charge in [0.15, 0.2) is 0 Å². The highest BCUT2D eigenvalue weighted by Crippen LogP contribution is 2.35. The van der Waals surface area contributed by atoms with Crippen molar-refractivity contribution in [3.8, 4) is 0 Å². The Morgan fingerprint density at radius 3 is 2.20 bits per heavy atom. The molecule has 0 spiro atoms. The average molecular weight is 208 g/mol. The first-order valence-electron chi connectivity index (χ1n) is 5.38. The standard InChI is InChI=1S/C11H16N2O2/c1-7(6-12)13-10(14)8-4-2-3-5-9(8)11(13)15/h2-3,7-9H,4-6,12H2,1H3/t7-,8+,9+/m1/s1. The van der Waals surface area contributed by atoms with Crippen molar-refractivity contribution < 1.29 is 9.59 Å². The summed E-state index contributed by atoms with van der Waals surface area (Å²) in [6.45, 7) is 2.16. The minimum absolute atomic E-state index is 0.0349. The largest absolute Gasteiger partial charge is 0.328 e. The molecule has 1 aliphatic carbocycles. The predicted octanol–water partition coefficient (Wildman–Crippen LogP) is 0.285. The molecule has 2 amide bonds. The zero-order valence-corrected chi connectivity index (χ0v) is 8.85. The summed E-state index contributed by atoms with van der Waals surface area (Å²) in [5.41, 5.74) is 5.50. The van der Waals surface area contributed by atoms with E-state index in [0.717, 1.165) is 0 Å². The summed E-state index contributed by atoms with van der Waals surface area (Å²) in [5, 5.41) is 0. The summed E-state index contributed by atoms with van der Waals surface area (Å²) in [5.74, 6) is -0.326. The van der Waals surface area contributed by atoms with E-state index in [4.69, 9.17) is 5.73 Å². The number of hydrogen-bond acceptors (Lipinski definition) is 3. The van der Waals surface area contributed by atoms with Crippen LogP contribution < -0.4 is 5.73 Å². The molecule has 1 fully saturated rings. The van der Waals surface area contributed by atoms with Crippen LogP contribution in [0.15, 0.2) is 12.2 Å². The number of likely N-dealkylation sites (tertiary alicyclic amines) is 1. The van der Waals surface area contributed by atoms with Crippen molar-refractivity contribution >= 4 is 11.8 Å². The molecule has 4 nitrogen and oxygen atoms in total. The highest BCUT2D eigenvalue weighted by atomic mass is 16.2. The van der Waals surface area contributed by atoms with Crippen LogP contribution >= 0.6 is 0 Å². The van der Waals surface area contributed by atoms with E-state index in [2.05, 4.69) is 0 Å². The molecule has 1 heterocycles. The molecule has 1 aliphatic heterocycles. The number of carbonyl (C=O) groups is 2. The molecule has 0 aromatic rings. The molecule has 0 unspecified atom stereocenters. The van der Waals surface area contributed by atoms with Gasteiger partial charge < -0.3 is 5.73 Å². The minimum Gasteiger partial charge on any atom is -0.328 e. The fourth-order valence-electron chi connectivity index (χ4n) is 2.37. The molecule has 0 radical (unpaired) electrons. The SMILES string of the molecule is C[C@H](CN)N1C(=O)[C@H]2CC=CC[C@@H]2C1=O. The molecule has 0 bridgehead atoms. The zero-order chi connectivity index (χ0) is 11.0. The number of nitrogens with zero attached hydrogens (tertiary/aromatic N) is 1. The van der Waals surface area contributed by atoms with Gasteiger partial charge in [-0.3, -0.25) is 14.5 Å². The van der Waals surface area contributed by atoms with Crippen molar-refractivity contribution in [2.24, 2.45) is 17.6 Å². The van der Waals surface area contributed by atoms with E-state index in [1.807, 2.05) is 19.1 Å². The van der Waals surface area contributed by atoms with Crippen LogP contribution in [-0.2, 0) is 9.59 Å². The van der Waals surface area contributed by atoms with Gasteiger partial charge >= 0.3 is 0 Å². The smallest absolute Gasteiger partial charge is 0.233 e. The Hall–Kier alpha value is -1.16. The van der Waals surface area contributed by atoms with Crippen LogP contribution in [0.25, 0.3) is 0 Å². The molecular formula is C11H16N2O2. The van der Waals surface area contributed by atoms with Crippen molar-refractivity contribution in [3.63, 3.8) is 0 Å². The van der Waals surface area contributed by atoms with Crippen LogP contribution in [0.4, 0.5) is 0 Å². The minimum atomic E-state index is -0.171. The third kappa shape index (κ3) is 1.49. The molecule has 0 aromatic carbocycles. The van der Waals surface area contributed by atoms with Crippen LogP contribution in [0.5, 0.6) is 0 Å². The molecule has 0 aromatic heterocycles. The van der Waals surface area contributed by atoms with Gasteiger partial charge in [0.25, 0.3) is 0 Å². The van der Waals surface area contributed by atoms with Gasteiger partial charge in [-0.05, 0) is 19.8 Å². The van der Waals surface area contributed by atoms with Crippen molar-refractivity contribution in [3.05, 3.63) is 12.2 Å². The number of nitrogens with two attached hydrogens (primary N) is 1. The maximum Gasteiger partial charge on any atom is 0.233 e. The lowest BCUT2D eigenvalue weighted by atomic mass is 9.85. The van der Waals surface area contributed by atoms with Crippen molar-refractivity contribution in [1.29, 1.82) is 0 Å². The zero-order valence-electron chi connectivity index (χ0n) is 8.85.